The lowest BCUT2D eigenvalue weighted by molar-refractivity contribution is -0.122. The molecule has 0 aliphatic carbocycles. The standard InChI is InChI=1S/C17H26N2O2.ClH/c1-17(2,3)13-6-4-7-14(12-13)21-11-10-19-16(20)15-8-5-9-18-15;/h4,6-7,12,15,18H,5,8-11H2,1-3H3,(H,19,20);1H. The third-order valence-corrected chi connectivity index (χ3v) is 3.75. The topological polar surface area (TPSA) is 50.4 Å². The van der Waals surface area contributed by atoms with Gasteiger partial charge in [-0.1, -0.05) is 32.9 Å². The summed E-state index contributed by atoms with van der Waals surface area (Å²) in [7, 11) is 0. The minimum absolute atomic E-state index is 0. The Morgan fingerprint density at radius 2 is 2.18 bits per heavy atom. The Balaban J connectivity index is 0.00000242. The Labute approximate surface area is 139 Å². The van der Waals surface area contributed by atoms with Crippen LogP contribution in [0, 0.1) is 0 Å². The summed E-state index contributed by atoms with van der Waals surface area (Å²) in [6.07, 6.45) is 2.01. The highest BCUT2D eigenvalue weighted by molar-refractivity contribution is 5.85. The zero-order valence-corrected chi connectivity index (χ0v) is 14.5. The summed E-state index contributed by atoms with van der Waals surface area (Å²) in [6.45, 7) is 8.51. The van der Waals surface area contributed by atoms with E-state index < -0.39 is 0 Å². The Bertz CT molecular complexity index is 480. The van der Waals surface area contributed by atoms with E-state index >= 15 is 0 Å². The van der Waals surface area contributed by atoms with Gasteiger partial charge in [0.15, 0.2) is 0 Å². The van der Waals surface area contributed by atoms with Crippen LogP contribution in [0.15, 0.2) is 24.3 Å². The molecule has 5 heteroatoms. The van der Waals surface area contributed by atoms with E-state index in [0.717, 1.165) is 25.1 Å². The molecule has 1 aromatic rings. The van der Waals surface area contributed by atoms with Crippen LogP contribution in [0.2, 0.25) is 0 Å². The molecule has 0 spiro atoms. The van der Waals surface area contributed by atoms with Crippen molar-refractivity contribution in [3.8, 4) is 5.75 Å². The van der Waals surface area contributed by atoms with Crippen molar-refractivity contribution < 1.29 is 9.53 Å². The van der Waals surface area contributed by atoms with E-state index in [1.807, 2.05) is 12.1 Å². The number of halogens is 1. The predicted molar refractivity (Wildman–Crippen MR) is 91.9 cm³/mol. The first-order valence-corrected chi connectivity index (χ1v) is 7.71. The van der Waals surface area contributed by atoms with Crippen LogP contribution < -0.4 is 15.4 Å². The lowest BCUT2D eigenvalue weighted by atomic mass is 9.87. The molecule has 124 valence electrons. The van der Waals surface area contributed by atoms with Gasteiger partial charge in [0.1, 0.15) is 12.4 Å². The minimum Gasteiger partial charge on any atom is -0.492 e. The number of benzene rings is 1. The van der Waals surface area contributed by atoms with Crippen LogP contribution in [0.4, 0.5) is 0 Å². The number of nitrogens with one attached hydrogen (secondary N) is 2. The van der Waals surface area contributed by atoms with E-state index in [4.69, 9.17) is 4.74 Å². The second-order valence-corrected chi connectivity index (χ2v) is 6.57. The zero-order valence-electron chi connectivity index (χ0n) is 13.6. The summed E-state index contributed by atoms with van der Waals surface area (Å²) in [5.74, 6) is 0.940. The fraction of sp³-hybridized carbons (Fsp3) is 0.588. The van der Waals surface area contributed by atoms with Crippen LogP contribution in [-0.2, 0) is 10.2 Å². The molecule has 4 nitrogen and oxygen atoms in total. The van der Waals surface area contributed by atoms with Crippen LogP contribution in [0.25, 0.3) is 0 Å². The lowest BCUT2D eigenvalue weighted by Gasteiger charge is -2.19. The second kappa shape index (κ2) is 8.39. The van der Waals surface area contributed by atoms with Crippen molar-refractivity contribution in [2.45, 2.75) is 45.1 Å². The van der Waals surface area contributed by atoms with Gasteiger partial charge in [-0.25, -0.2) is 0 Å². The average molecular weight is 327 g/mol. The van der Waals surface area contributed by atoms with Crippen LogP contribution >= 0.6 is 12.4 Å². The van der Waals surface area contributed by atoms with Crippen LogP contribution in [-0.4, -0.2) is 31.6 Å². The van der Waals surface area contributed by atoms with Crippen LogP contribution in [0.1, 0.15) is 39.2 Å². The van der Waals surface area contributed by atoms with E-state index in [2.05, 4.69) is 43.5 Å². The molecule has 1 aromatic carbocycles. The van der Waals surface area contributed by atoms with Gasteiger partial charge in [0.25, 0.3) is 0 Å². The number of hydrogen-bond donors (Lipinski definition) is 2. The van der Waals surface area contributed by atoms with E-state index in [-0.39, 0.29) is 29.8 Å². The van der Waals surface area contributed by atoms with Crippen molar-refractivity contribution in [1.29, 1.82) is 0 Å². The molecule has 0 bridgehead atoms. The van der Waals surface area contributed by atoms with Crippen molar-refractivity contribution in [3.63, 3.8) is 0 Å². The number of carbonyl (C=O) groups is 1. The van der Waals surface area contributed by atoms with Gasteiger partial charge in [-0.2, -0.15) is 0 Å². The monoisotopic (exact) mass is 326 g/mol. The van der Waals surface area contributed by atoms with E-state index in [1.54, 1.807) is 0 Å². The van der Waals surface area contributed by atoms with E-state index in [1.165, 1.54) is 5.56 Å². The molecule has 2 N–H and O–H groups in total. The summed E-state index contributed by atoms with van der Waals surface area (Å²) in [6, 6.07) is 8.13. The van der Waals surface area contributed by atoms with Gasteiger partial charge in [0, 0.05) is 0 Å². The molecule has 1 saturated heterocycles. The number of rotatable bonds is 5. The van der Waals surface area contributed by atoms with Gasteiger partial charge in [-0.15, -0.1) is 12.4 Å². The normalized spacial score (nSPS) is 17.7. The summed E-state index contributed by atoms with van der Waals surface area (Å²) in [5, 5.41) is 6.10. The molecule has 0 aromatic heterocycles. The van der Waals surface area contributed by atoms with E-state index in [9.17, 15) is 4.79 Å². The Kier molecular flexibility index (Phi) is 7.17. The Hall–Kier alpha value is -1.26. The largest absolute Gasteiger partial charge is 0.492 e. The first-order chi connectivity index (χ1) is 9.97. The average Bonchev–Trinajstić information content (AvgIpc) is 2.97. The van der Waals surface area contributed by atoms with Crippen molar-refractivity contribution >= 4 is 18.3 Å². The highest BCUT2D eigenvalue weighted by Crippen LogP contribution is 2.25. The van der Waals surface area contributed by atoms with E-state index in [0.29, 0.717) is 13.2 Å². The molecule has 1 fully saturated rings. The molecule has 1 heterocycles. The first-order valence-electron chi connectivity index (χ1n) is 7.71. The Morgan fingerprint density at radius 1 is 1.41 bits per heavy atom. The molecule has 1 amide bonds. The van der Waals surface area contributed by atoms with Crippen molar-refractivity contribution in [2.24, 2.45) is 0 Å². The smallest absolute Gasteiger partial charge is 0.237 e. The minimum atomic E-state index is -0.0192. The quantitative estimate of drug-likeness (QED) is 0.818. The first kappa shape index (κ1) is 18.8. The Morgan fingerprint density at radius 3 is 2.82 bits per heavy atom. The number of hydrogen-bond acceptors (Lipinski definition) is 3. The SMILES string of the molecule is CC(C)(C)c1cccc(OCCNC(=O)C2CCCN2)c1.Cl. The number of ether oxygens (including phenoxy) is 1. The molecular weight excluding hydrogens is 300 g/mol. The zero-order chi connectivity index (χ0) is 15.3. The maximum atomic E-state index is 11.8. The number of carbonyl (C=O) groups excluding carboxylic acids is 1. The number of amides is 1. The fourth-order valence-electron chi connectivity index (χ4n) is 2.43. The molecule has 1 unspecified atom stereocenters. The lowest BCUT2D eigenvalue weighted by Crippen LogP contribution is -2.41. The van der Waals surface area contributed by atoms with Gasteiger partial charge in [0.2, 0.25) is 5.91 Å². The maximum Gasteiger partial charge on any atom is 0.237 e. The third-order valence-electron chi connectivity index (χ3n) is 3.75. The van der Waals surface area contributed by atoms with Gasteiger partial charge >= 0.3 is 0 Å². The highest BCUT2D eigenvalue weighted by Gasteiger charge is 2.21. The molecule has 2 rings (SSSR count). The van der Waals surface area contributed by atoms with Crippen molar-refractivity contribution in [1.82, 2.24) is 10.6 Å². The highest BCUT2D eigenvalue weighted by atomic mass is 35.5. The summed E-state index contributed by atoms with van der Waals surface area (Å²) < 4.78 is 5.72. The fourth-order valence-corrected chi connectivity index (χ4v) is 2.43. The molecule has 1 aliphatic heterocycles. The summed E-state index contributed by atoms with van der Waals surface area (Å²) in [5.41, 5.74) is 1.36. The maximum absolute atomic E-state index is 11.8. The van der Waals surface area contributed by atoms with Crippen molar-refractivity contribution in [3.05, 3.63) is 29.8 Å². The molecule has 1 aliphatic rings. The predicted octanol–water partition coefficient (Wildman–Crippen LogP) is 2.65. The molecule has 22 heavy (non-hydrogen) atoms. The van der Waals surface area contributed by atoms with Crippen LogP contribution in [0.3, 0.4) is 0 Å². The van der Waals surface area contributed by atoms with Gasteiger partial charge < -0.3 is 15.4 Å². The van der Waals surface area contributed by atoms with Gasteiger partial charge in [-0.3, -0.25) is 4.79 Å². The third kappa shape index (κ3) is 5.50. The molecular formula is C17H27ClN2O2. The van der Waals surface area contributed by atoms with Crippen LogP contribution in [0.5, 0.6) is 5.75 Å². The van der Waals surface area contributed by atoms with Gasteiger partial charge in [-0.05, 0) is 42.5 Å². The summed E-state index contributed by atoms with van der Waals surface area (Å²) in [4.78, 5) is 11.8. The molecule has 1 atom stereocenters. The van der Waals surface area contributed by atoms with Crippen molar-refractivity contribution in [2.75, 3.05) is 19.7 Å². The molecule has 0 saturated carbocycles. The summed E-state index contributed by atoms with van der Waals surface area (Å²) >= 11 is 0. The second-order valence-electron chi connectivity index (χ2n) is 6.57. The molecule has 0 radical (unpaired) electrons. The van der Waals surface area contributed by atoms with Gasteiger partial charge in [0.05, 0.1) is 12.6 Å².